The smallest absolute Gasteiger partial charge is 0.261 e. The van der Waals surface area contributed by atoms with Crippen LogP contribution in [0.5, 0.6) is 5.75 Å². The van der Waals surface area contributed by atoms with E-state index in [1.54, 1.807) is 40.1 Å². The zero-order chi connectivity index (χ0) is 24.2. The van der Waals surface area contributed by atoms with Gasteiger partial charge in [0.05, 0.1) is 10.0 Å². The van der Waals surface area contributed by atoms with Gasteiger partial charge < -0.3 is 19.4 Å². The number of hydrogen-bond donors (Lipinski definition) is 0. The number of anilines is 1. The van der Waals surface area contributed by atoms with Gasteiger partial charge in [-0.25, -0.2) is 0 Å². The molecule has 2 saturated heterocycles. The van der Waals surface area contributed by atoms with E-state index in [1.807, 2.05) is 12.1 Å². The summed E-state index contributed by atoms with van der Waals surface area (Å²) in [6, 6.07) is 11.7. The second-order valence-electron chi connectivity index (χ2n) is 8.16. The number of hydrogen-bond acceptors (Lipinski definition) is 4. The third kappa shape index (κ3) is 5.74. The SMILES string of the molecule is O=C([C@@H]1CC(=CCl)CN1C(=O)COc1ccc(Cl)cc1)N1CCN(c2ccc(Cl)c(Cl)c2)CC1. The topological polar surface area (TPSA) is 53.1 Å². The number of nitrogens with zero attached hydrogens (tertiary/aromatic N) is 3. The van der Waals surface area contributed by atoms with Crippen molar-refractivity contribution in [3.63, 3.8) is 0 Å². The fourth-order valence-electron chi connectivity index (χ4n) is 4.15. The molecule has 0 aliphatic carbocycles. The minimum Gasteiger partial charge on any atom is -0.484 e. The normalized spacial score (nSPS) is 19.6. The number of ether oxygens (including phenoxy) is 1. The average molecular weight is 543 g/mol. The highest BCUT2D eigenvalue weighted by molar-refractivity contribution is 6.42. The molecule has 10 heteroatoms. The monoisotopic (exact) mass is 541 g/mol. The molecular weight excluding hydrogens is 520 g/mol. The van der Waals surface area contributed by atoms with Crippen LogP contribution in [0, 0.1) is 0 Å². The van der Waals surface area contributed by atoms with Gasteiger partial charge >= 0.3 is 0 Å². The van der Waals surface area contributed by atoms with Gasteiger partial charge in [0.1, 0.15) is 11.8 Å². The van der Waals surface area contributed by atoms with Crippen molar-refractivity contribution in [3.8, 4) is 5.75 Å². The van der Waals surface area contributed by atoms with E-state index in [0.29, 0.717) is 60.0 Å². The molecular formula is C24H23Cl4N3O3. The Labute approximate surface area is 218 Å². The lowest BCUT2D eigenvalue weighted by Crippen LogP contribution is -2.55. The van der Waals surface area contributed by atoms with Crippen molar-refractivity contribution in [2.75, 3.05) is 44.2 Å². The van der Waals surface area contributed by atoms with Gasteiger partial charge in [0.25, 0.3) is 5.91 Å². The Morgan fingerprint density at radius 1 is 0.971 bits per heavy atom. The maximum atomic E-state index is 13.4. The van der Waals surface area contributed by atoms with Crippen molar-refractivity contribution in [2.45, 2.75) is 12.5 Å². The van der Waals surface area contributed by atoms with Gasteiger partial charge in [0.2, 0.25) is 5.91 Å². The summed E-state index contributed by atoms with van der Waals surface area (Å²) in [6.45, 7) is 2.53. The van der Waals surface area contributed by atoms with Gasteiger partial charge in [-0.15, -0.1) is 0 Å². The second kappa shape index (κ2) is 11.1. The van der Waals surface area contributed by atoms with Crippen LogP contribution in [0.2, 0.25) is 15.1 Å². The summed E-state index contributed by atoms with van der Waals surface area (Å²) in [7, 11) is 0. The van der Waals surface area contributed by atoms with Crippen LogP contribution in [-0.2, 0) is 9.59 Å². The lowest BCUT2D eigenvalue weighted by atomic mass is 10.1. The molecule has 0 spiro atoms. The lowest BCUT2D eigenvalue weighted by Gasteiger charge is -2.38. The van der Waals surface area contributed by atoms with Crippen LogP contribution in [0.4, 0.5) is 5.69 Å². The van der Waals surface area contributed by atoms with Crippen LogP contribution in [0.15, 0.2) is 53.6 Å². The van der Waals surface area contributed by atoms with Gasteiger partial charge in [-0.05, 0) is 48.0 Å². The van der Waals surface area contributed by atoms with E-state index < -0.39 is 6.04 Å². The van der Waals surface area contributed by atoms with Crippen molar-refractivity contribution in [1.82, 2.24) is 9.80 Å². The Kier molecular flexibility index (Phi) is 8.14. The number of carbonyl (C=O) groups excluding carboxylic acids is 2. The van der Waals surface area contributed by atoms with Gasteiger partial charge in [0.15, 0.2) is 6.61 Å². The van der Waals surface area contributed by atoms with Gasteiger partial charge in [-0.1, -0.05) is 46.4 Å². The summed E-state index contributed by atoms with van der Waals surface area (Å²) in [5, 5.41) is 1.59. The molecule has 0 radical (unpaired) electrons. The molecule has 2 aliphatic heterocycles. The molecule has 2 aromatic rings. The summed E-state index contributed by atoms with van der Waals surface area (Å²) < 4.78 is 5.60. The van der Waals surface area contributed by atoms with Crippen molar-refractivity contribution in [3.05, 3.63) is 68.6 Å². The van der Waals surface area contributed by atoms with E-state index in [1.165, 1.54) is 5.54 Å². The predicted molar refractivity (Wildman–Crippen MR) is 136 cm³/mol. The number of piperazine rings is 1. The highest BCUT2D eigenvalue weighted by Gasteiger charge is 2.39. The summed E-state index contributed by atoms with van der Waals surface area (Å²) in [6.07, 6.45) is 0.419. The van der Waals surface area contributed by atoms with E-state index in [9.17, 15) is 9.59 Å². The fourth-order valence-corrected chi connectivity index (χ4v) is 4.73. The summed E-state index contributed by atoms with van der Waals surface area (Å²) >= 11 is 24.0. The molecule has 2 heterocycles. The standard InChI is InChI=1S/C24H23Cl4N3O3/c25-13-16-11-22(31(14-16)23(32)15-34-19-4-1-17(26)2-5-19)24(33)30-9-7-29(8-10-30)18-3-6-20(27)21(28)12-18/h1-6,12-13,22H,7-11,14-15H2/t22-/m0/s1. The number of amides is 2. The lowest BCUT2D eigenvalue weighted by molar-refractivity contribution is -0.145. The summed E-state index contributed by atoms with van der Waals surface area (Å²) in [5.74, 6) is 0.185. The molecule has 0 N–H and O–H groups in total. The average Bonchev–Trinajstić information content (AvgIpc) is 3.29. The number of carbonyl (C=O) groups is 2. The van der Waals surface area contributed by atoms with Crippen LogP contribution in [0.3, 0.4) is 0 Å². The Morgan fingerprint density at radius 2 is 1.68 bits per heavy atom. The van der Waals surface area contributed by atoms with Crippen molar-refractivity contribution in [2.24, 2.45) is 0 Å². The minimum atomic E-state index is -0.595. The maximum Gasteiger partial charge on any atom is 0.261 e. The quantitative estimate of drug-likeness (QED) is 0.527. The van der Waals surface area contributed by atoms with Crippen molar-refractivity contribution >= 4 is 63.9 Å². The summed E-state index contributed by atoms with van der Waals surface area (Å²) in [4.78, 5) is 31.8. The molecule has 2 aliphatic rings. The summed E-state index contributed by atoms with van der Waals surface area (Å²) in [5.41, 5.74) is 3.26. The third-order valence-electron chi connectivity index (χ3n) is 6.00. The van der Waals surface area contributed by atoms with Crippen LogP contribution in [0.1, 0.15) is 6.42 Å². The van der Waals surface area contributed by atoms with Crippen molar-refractivity contribution < 1.29 is 14.3 Å². The molecule has 2 aromatic carbocycles. The molecule has 0 saturated carbocycles. The zero-order valence-electron chi connectivity index (χ0n) is 18.2. The number of rotatable bonds is 5. The first-order valence-electron chi connectivity index (χ1n) is 10.8. The Balaban J connectivity index is 1.38. The van der Waals surface area contributed by atoms with Gasteiger partial charge in [0, 0.05) is 55.4 Å². The second-order valence-corrected chi connectivity index (χ2v) is 9.63. The Bertz CT molecular complexity index is 1090. The first kappa shape index (κ1) is 25.0. The molecule has 2 fully saturated rings. The first-order chi connectivity index (χ1) is 16.4. The van der Waals surface area contributed by atoms with Gasteiger partial charge in [-0.3, -0.25) is 9.59 Å². The number of benzene rings is 2. The predicted octanol–water partition coefficient (Wildman–Crippen LogP) is 5.10. The molecule has 1 atom stereocenters. The molecule has 6 nitrogen and oxygen atoms in total. The zero-order valence-corrected chi connectivity index (χ0v) is 21.2. The largest absolute Gasteiger partial charge is 0.484 e. The van der Waals surface area contributed by atoms with E-state index in [0.717, 1.165) is 11.3 Å². The van der Waals surface area contributed by atoms with Crippen LogP contribution >= 0.6 is 46.4 Å². The Hall–Kier alpha value is -2.12. The van der Waals surface area contributed by atoms with Crippen molar-refractivity contribution in [1.29, 1.82) is 0 Å². The first-order valence-corrected chi connectivity index (χ1v) is 12.4. The number of likely N-dealkylation sites (tertiary alicyclic amines) is 1. The molecule has 180 valence electrons. The highest BCUT2D eigenvalue weighted by Crippen LogP contribution is 2.29. The Morgan fingerprint density at radius 3 is 2.32 bits per heavy atom. The van der Waals surface area contributed by atoms with Gasteiger partial charge in [-0.2, -0.15) is 0 Å². The van der Waals surface area contributed by atoms with E-state index >= 15 is 0 Å². The van der Waals surface area contributed by atoms with Crippen LogP contribution in [-0.4, -0.2) is 67.0 Å². The van der Waals surface area contributed by atoms with E-state index in [2.05, 4.69) is 4.90 Å². The number of halogens is 4. The molecule has 0 unspecified atom stereocenters. The molecule has 0 bridgehead atoms. The van der Waals surface area contributed by atoms with E-state index in [-0.39, 0.29) is 18.4 Å². The molecule has 0 aromatic heterocycles. The molecule has 4 rings (SSSR count). The minimum absolute atomic E-state index is 0.0813. The molecule has 34 heavy (non-hydrogen) atoms. The fraction of sp³-hybridized carbons (Fsp3) is 0.333. The van der Waals surface area contributed by atoms with Crippen LogP contribution < -0.4 is 9.64 Å². The van der Waals surface area contributed by atoms with E-state index in [4.69, 9.17) is 51.1 Å². The maximum absolute atomic E-state index is 13.4. The third-order valence-corrected chi connectivity index (χ3v) is 7.30. The van der Waals surface area contributed by atoms with Crippen LogP contribution in [0.25, 0.3) is 0 Å². The molecule has 2 amide bonds. The highest BCUT2D eigenvalue weighted by atomic mass is 35.5.